The summed E-state index contributed by atoms with van der Waals surface area (Å²) in [7, 11) is 0. The van der Waals surface area contributed by atoms with Crippen molar-refractivity contribution in [3.05, 3.63) is 56.5 Å². The van der Waals surface area contributed by atoms with Crippen molar-refractivity contribution < 1.29 is 14.6 Å². The van der Waals surface area contributed by atoms with E-state index in [1.807, 2.05) is 36.4 Å². The first-order chi connectivity index (χ1) is 12.0. The van der Waals surface area contributed by atoms with Crippen molar-refractivity contribution in [3.8, 4) is 11.5 Å². The first kappa shape index (κ1) is 18.5. The van der Waals surface area contributed by atoms with Crippen molar-refractivity contribution in [3.63, 3.8) is 0 Å². The van der Waals surface area contributed by atoms with Crippen molar-refractivity contribution in [2.45, 2.75) is 44.4 Å². The number of rotatable bonds is 3. The van der Waals surface area contributed by atoms with Crippen LogP contribution >= 0.6 is 31.9 Å². The van der Waals surface area contributed by atoms with Gasteiger partial charge in [-0.05, 0) is 92.6 Å². The summed E-state index contributed by atoms with van der Waals surface area (Å²) < 4.78 is 6.86. The van der Waals surface area contributed by atoms with Crippen LogP contribution in [-0.4, -0.2) is 11.1 Å². The average Bonchev–Trinajstić information content (AvgIpc) is 3.45. The third-order valence-electron chi connectivity index (χ3n) is 4.30. The number of esters is 1. The number of ether oxygens (including phenoxy) is 1. The Morgan fingerprint density at radius 2 is 1.48 bits per heavy atom. The Labute approximate surface area is 164 Å². The summed E-state index contributed by atoms with van der Waals surface area (Å²) in [5.41, 5.74) is 2.24. The van der Waals surface area contributed by atoms with Gasteiger partial charge in [-0.1, -0.05) is 24.3 Å². The van der Waals surface area contributed by atoms with Gasteiger partial charge in [0, 0.05) is 6.92 Å². The fourth-order valence-electron chi connectivity index (χ4n) is 2.75. The zero-order chi connectivity index (χ0) is 18.0. The normalized spacial score (nSPS) is 16.0. The first-order valence-electron chi connectivity index (χ1n) is 8.41. The summed E-state index contributed by atoms with van der Waals surface area (Å²) in [6.07, 6.45) is 4.85. The summed E-state index contributed by atoms with van der Waals surface area (Å²) in [6, 6.07) is 11.7. The fraction of sp³-hybridized carbons (Fsp3) is 0.350. The molecule has 0 aliphatic heterocycles. The lowest BCUT2D eigenvalue weighted by Gasteiger charge is -2.09. The molecule has 0 spiro atoms. The van der Waals surface area contributed by atoms with E-state index < -0.39 is 0 Å². The van der Waals surface area contributed by atoms with Crippen LogP contribution in [0, 0.1) is 0 Å². The standard InChI is InChI=1S/C11H11BrO2.C9H9BrO/c1-7(13)14-11-9(8-5-6-8)3-2-4-10(11)12;10-8-3-1-2-7(9(8)11)6-4-5-6/h2-4,8H,5-6H2,1H3;1-3,6,11H,4-5H2. The molecule has 0 saturated heterocycles. The molecule has 2 aliphatic rings. The molecule has 0 atom stereocenters. The minimum absolute atomic E-state index is 0.265. The van der Waals surface area contributed by atoms with Crippen LogP contribution in [0.5, 0.6) is 11.5 Å². The molecule has 2 fully saturated rings. The average molecular weight is 468 g/mol. The zero-order valence-electron chi connectivity index (χ0n) is 14.0. The molecule has 2 saturated carbocycles. The number of carbonyl (C=O) groups is 1. The van der Waals surface area contributed by atoms with Crippen molar-refractivity contribution in [1.29, 1.82) is 0 Å². The van der Waals surface area contributed by atoms with Crippen LogP contribution in [0.1, 0.15) is 55.6 Å². The second kappa shape index (κ2) is 7.92. The van der Waals surface area contributed by atoms with Gasteiger partial charge in [-0.3, -0.25) is 4.79 Å². The van der Waals surface area contributed by atoms with E-state index in [-0.39, 0.29) is 5.97 Å². The molecule has 0 heterocycles. The van der Waals surface area contributed by atoms with Crippen molar-refractivity contribution in [2.24, 2.45) is 0 Å². The molecular formula is C20H20Br2O3. The number of phenolic OH excluding ortho intramolecular Hbond substituents is 1. The maximum Gasteiger partial charge on any atom is 0.308 e. The SMILES string of the molecule is CC(=O)Oc1c(Br)cccc1C1CC1.Oc1c(Br)cccc1C1CC1. The van der Waals surface area contributed by atoms with Gasteiger partial charge in [-0.2, -0.15) is 0 Å². The molecule has 0 aromatic heterocycles. The Bertz CT molecular complexity index is 781. The first-order valence-corrected chi connectivity index (χ1v) is 10.00. The Hall–Kier alpha value is -1.33. The lowest BCUT2D eigenvalue weighted by atomic mass is 10.1. The number of aromatic hydroxyl groups is 1. The van der Waals surface area contributed by atoms with E-state index in [2.05, 4.69) is 31.9 Å². The van der Waals surface area contributed by atoms with Gasteiger partial charge in [0.15, 0.2) is 0 Å². The summed E-state index contributed by atoms with van der Waals surface area (Å²) >= 11 is 6.69. The van der Waals surface area contributed by atoms with E-state index >= 15 is 0 Å². The molecule has 1 N–H and O–H groups in total. The van der Waals surface area contributed by atoms with E-state index in [0.717, 1.165) is 20.1 Å². The van der Waals surface area contributed by atoms with Gasteiger partial charge in [0.2, 0.25) is 0 Å². The number of halogens is 2. The number of carbonyl (C=O) groups excluding carboxylic acids is 1. The van der Waals surface area contributed by atoms with E-state index in [0.29, 0.717) is 23.3 Å². The van der Waals surface area contributed by atoms with Crippen molar-refractivity contribution in [2.75, 3.05) is 0 Å². The summed E-state index contributed by atoms with van der Waals surface area (Å²) in [4.78, 5) is 10.9. The van der Waals surface area contributed by atoms with Crippen LogP contribution < -0.4 is 4.74 Å². The molecule has 0 unspecified atom stereocenters. The fourth-order valence-corrected chi connectivity index (χ4v) is 3.59. The second-order valence-corrected chi connectivity index (χ2v) is 8.19. The van der Waals surface area contributed by atoms with Gasteiger partial charge in [-0.15, -0.1) is 0 Å². The maximum absolute atomic E-state index is 10.9. The molecule has 25 heavy (non-hydrogen) atoms. The van der Waals surface area contributed by atoms with Crippen molar-refractivity contribution >= 4 is 37.8 Å². The summed E-state index contributed by atoms with van der Waals surface area (Å²) in [6.45, 7) is 1.43. The minimum atomic E-state index is -0.265. The highest BCUT2D eigenvalue weighted by molar-refractivity contribution is 9.10. The number of hydrogen-bond donors (Lipinski definition) is 1. The number of benzene rings is 2. The van der Waals surface area contributed by atoms with Gasteiger partial charge in [-0.25, -0.2) is 0 Å². The van der Waals surface area contributed by atoms with E-state index in [4.69, 9.17) is 4.74 Å². The third-order valence-corrected chi connectivity index (χ3v) is 5.56. The molecule has 0 radical (unpaired) electrons. The van der Waals surface area contributed by atoms with E-state index in [1.165, 1.54) is 32.6 Å². The third kappa shape index (κ3) is 4.85. The van der Waals surface area contributed by atoms with Gasteiger partial charge < -0.3 is 9.84 Å². The molecule has 2 aliphatic carbocycles. The monoisotopic (exact) mass is 466 g/mol. The highest BCUT2D eigenvalue weighted by Crippen LogP contribution is 2.47. The molecule has 132 valence electrons. The molecule has 2 aromatic rings. The number of phenols is 1. The molecular weight excluding hydrogens is 448 g/mol. The lowest BCUT2D eigenvalue weighted by Crippen LogP contribution is -2.04. The smallest absolute Gasteiger partial charge is 0.308 e. The van der Waals surface area contributed by atoms with Crippen molar-refractivity contribution in [1.82, 2.24) is 0 Å². The predicted molar refractivity (Wildman–Crippen MR) is 105 cm³/mol. The maximum atomic E-state index is 10.9. The van der Waals surface area contributed by atoms with Crippen LogP contribution in [0.4, 0.5) is 0 Å². The summed E-state index contributed by atoms with van der Waals surface area (Å²) in [5.74, 6) is 2.06. The Morgan fingerprint density at radius 3 is 2.04 bits per heavy atom. The highest BCUT2D eigenvalue weighted by Gasteiger charge is 2.28. The van der Waals surface area contributed by atoms with Crippen LogP contribution in [-0.2, 0) is 4.79 Å². The van der Waals surface area contributed by atoms with Crippen LogP contribution in [0.2, 0.25) is 0 Å². The van der Waals surface area contributed by atoms with Crippen LogP contribution in [0.3, 0.4) is 0 Å². The topological polar surface area (TPSA) is 46.5 Å². The lowest BCUT2D eigenvalue weighted by molar-refractivity contribution is -0.131. The van der Waals surface area contributed by atoms with Gasteiger partial charge >= 0.3 is 5.97 Å². The van der Waals surface area contributed by atoms with Gasteiger partial charge in [0.1, 0.15) is 11.5 Å². The summed E-state index contributed by atoms with van der Waals surface area (Å²) in [5, 5.41) is 9.56. The minimum Gasteiger partial charge on any atom is -0.506 e. The van der Waals surface area contributed by atoms with E-state index in [1.54, 1.807) is 0 Å². The Kier molecular flexibility index (Phi) is 5.85. The molecule has 0 amide bonds. The number of para-hydroxylation sites is 2. The number of hydrogen-bond acceptors (Lipinski definition) is 3. The Morgan fingerprint density at radius 1 is 0.960 bits per heavy atom. The quantitative estimate of drug-likeness (QED) is 0.426. The predicted octanol–water partition coefficient (Wildman–Crippen LogP) is 6.28. The van der Waals surface area contributed by atoms with E-state index in [9.17, 15) is 9.90 Å². The highest BCUT2D eigenvalue weighted by atomic mass is 79.9. The Balaban J connectivity index is 0.000000150. The largest absolute Gasteiger partial charge is 0.506 e. The zero-order valence-corrected chi connectivity index (χ0v) is 17.1. The molecule has 2 aromatic carbocycles. The van der Waals surface area contributed by atoms with Crippen LogP contribution in [0.25, 0.3) is 0 Å². The molecule has 5 heteroatoms. The van der Waals surface area contributed by atoms with Gasteiger partial charge in [0.25, 0.3) is 0 Å². The van der Waals surface area contributed by atoms with Gasteiger partial charge in [0.05, 0.1) is 8.95 Å². The van der Waals surface area contributed by atoms with Crippen LogP contribution in [0.15, 0.2) is 45.3 Å². The molecule has 4 rings (SSSR count). The molecule has 3 nitrogen and oxygen atoms in total. The molecule has 0 bridgehead atoms. The second-order valence-electron chi connectivity index (χ2n) is 6.48.